The molecular weight excluding hydrogens is 432 g/mol. The van der Waals surface area contributed by atoms with E-state index < -0.39 is 0 Å². The Balaban J connectivity index is 1.39. The topological polar surface area (TPSA) is 44.7 Å². The highest BCUT2D eigenvalue weighted by Crippen LogP contribution is 2.77. The number of benzene rings is 2. The molecule has 4 heteroatoms. The fourth-order valence-electron chi connectivity index (χ4n) is 9.88. The van der Waals surface area contributed by atoms with Crippen LogP contribution in [-0.2, 0) is 16.6 Å². The summed E-state index contributed by atoms with van der Waals surface area (Å²) in [5.41, 5.74) is 3.69. The van der Waals surface area contributed by atoms with Crippen LogP contribution in [0.4, 0.5) is 0 Å². The van der Waals surface area contributed by atoms with Gasteiger partial charge in [0.15, 0.2) is 0 Å². The van der Waals surface area contributed by atoms with Crippen molar-refractivity contribution in [3.05, 3.63) is 77.4 Å². The lowest BCUT2D eigenvalue weighted by Crippen LogP contribution is -2.80. The molecule has 4 nitrogen and oxygen atoms in total. The van der Waals surface area contributed by atoms with Crippen molar-refractivity contribution >= 4 is 0 Å². The van der Waals surface area contributed by atoms with E-state index in [4.69, 9.17) is 4.74 Å². The molecule has 6 bridgehead atoms. The summed E-state index contributed by atoms with van der Waals surface area (Å²) in [7, 11) is 1.92. The molecule has 5 aliphatic carbocycles. The van der Waals surface area contributed by atoms with Crippen LogP contribution in [0.25, 0.3) is 0 Å². The normalized spacial score (nSPS) is 44.8. The molecule has 1 unspecified atom stereocenters. The van der Waals surface area contributed by atoms with Gasteiger partial charge in [-0.15, -0.1) is 0 Å². The van der Waals surface area contributed by atoms with Gasteiger partial charge in [-0.3, -0.25) is 4.90 Å². The number of fused-ring (bicyclic) bond motifs is 1. The van der Waals surface area contributed by atoms with E-state index in [-0.39, 0.29) is 33.9 Å². The molecule has 0 radical (unpaired) electrons. The Bertz CT molecular complexity index is 1240. The molecule has 2 heterocycles. The Morgan fingerprint density at radius 1 is 1.11 bits per heavy atom. The lowest BCUT2D eigenvalue weighted by Gasteiger charge is -2.74. The van der Waals surface area contributed by atoms with Gasteiger partial charge in [-0.1, -0.05) is 55.5 Å². The molecule has 2 aromatic rings. The average Bonchev–Trinajstić information content (AvgIpc) is 3.65. The van der Waals surface area contributed by atoms with Crippen LogP contribution in [-0.4, -0.2) is 47.9 Å². The maximum absolute atomic E-state index is 10.7. The Labute approximate surface area is 208 Å². The quantitative estimate of drug-likeness (QED) is 0.637. The molecule has 7 atom stereocenters. The predicted molar refractivity (Wildman–Crippen MR) is 136 cm³/mol. The number of likely N-dealkylation sites (tertiary alicyclic amines) is 1. The molecule has 7 aliphatic rings. The second-order valence-corrected chi connectivity index (χ2v) is 12.6. The molecule has 182 valence electrons. The highest BCUT2D eigenvalue weighted by Gasteiger charge is 2.82. The van der Waals surface area contributed by atoms with Crippen molar-refractivity contribution in [1.82, 2.24) is 10.2 Å². The third-order valence-electron chi connectivity index (χ3n) is 11.4. The number of methoxy groups -OCH3 is 1. The first kappa shape index (κ1) is 21.0. The number of rotatable bonds is 4. The second-order valence-electron chi connectivity index (χ2n) is 12.6. The molecule has 2 aliphatic heterocycles. The van der Waals surface area contributed by atoms with Gasteiger partial charge in [0.2, 0.25) is 0 Å². The fourth-order valence-corrected chi connectivity index (χ4v) is 9.88. The van der Waals surface area contributed by atoms with E-state index in [2.05, 4.69) is 71.8 Å². The van der Waals surface area contributed by atoms with Gasteiger partial charge in [-0.25, -0.2) is 0 Å². The number of aromatic hydroxyl groups is 1. The third kappa shape index (κ3) is 2.27. The summed E-state index contributed by atoms with van der Waals surface area (Å²) in [4.78, 5) is 2.86. The van der Waals surface area contributed by atoms with E-state index in [1.165, 1.54) is 36.1 Å². The third-order valence-corrected chi connectivity index (χ3v) is 11.4. The maximum atomic E-state index is 10.7. The largest absolute Gasteiger partial charge is 0.508 e. The molecule has 35 heavy (non-hydrogen) atoms. The summed E-state index contributed by atoms with van der Waals surface area (Å²) < 4.78 is 6.66. The first-order valence-electron chi connectivity index (χ1n) is 13.6. The number of nitrogens with one attached hydrogen (secondary N) is 1. The Morgan fingerprint density at radius 3 is 2.71 bits per heavy atom. The molecule has 2 N–H and O–H groups in total. The van der Waals surface area contributed by atoms with Gasteiger partial charge in [0, 0.05) is 42.0 Å². The van der Waals surface area contributed by atoms with Gasteiger partial charge >= 0.3 is 0 Å². The minimum Gasteiger partial charge on any atom is -0.508 e. The van der Waals surface area contributed by atoms with Crippen molar-refractivity contribution in [3.63, 3.8) is 0 Å². The van der Waals surface area contributed by atoms with Gasteiger partial charge in [0.05, 0.1) is 6.04 Å². The number of piperidine rings is 1. The summed E-state index contributed by atoms with van der Waals surface area (Å²) >= 11 is 0. The smallest absolute Gasteiger partial charge is 0.115 e. The number of nitrogens with zero attached hydrogens (tertiary/aromatic N) is 1. The lowest BCUT2D eigenvalue weighted by molar-refractivity contribution is -0.195. The van der Waals surface area contributed by atoms with Crippen molar-refractivity contribution in [3.8, 4) is 5.75 Å². The Hall–Kier alpha value is -2.14. The van der Waals surface area contributed by atoms with E-state index in [0.717, 1.165) is 31.7 Å². The Morgan fingerprint density at radius 2 is 1.94 bits per heavy atom. The monoisotopic (exact) mass is 468 g/mol. The van der Waals surface area contributed by atoms with E-state index in [0.29, 0.717) is 11.8 Å². The zero-order valence-corrected chi connectivity index (χ0v) is 20.8. The Kier molecular flexibility index (Phi) is 3.95. The van der Waals surface area contributed by atoms with Gasteiger partial charge < -0.3 is 15.2 Å². The van der Waals surface area contributed by atoms with Crippen LogP contribution in [0.15, 0.2) is 60.7 Å². The van der Waals surface area contributed by atoms with Crippen molar-refractivity contribution in [2.24, 2.45) is 16.7 Å². The molecular formula is C31H36N2O2. The maximum Gasteiger partial charge on any atom is 0.115 e. The zero-order chi connectivity index (χ0) is 23.6. The van der Waals surface area contributed by atoms with Gasteiger partial charge in [0.25, 0.3) is 0 Å². The molecule has 2 aromatic carbocycles. The molecule has 9 rings (SSSR count). The van der Waals surface area contributed by atoms with Crippen LogP contribution in [0, 0.1) is 16.7 Å². The summed E-state index contributed by atoms with van der Waals surface area (Å²) in [5.74, 6) is 1.28. The van der Waals surface area contributed by atoms with Crippen LogP contribution in [0.3, 0.4) is 0 Å². The van der Waals surface area contributed by atoms with E-state index in [9.17, 15) is 5.11 Å². The zero-order valence-electron chi connectivity index (χ0n) is 20.8. The number of phenolic OH excluding ortho intramolecular Hbond substituents is 1. The van der Waals surface area contributed by atoms with Crippen molar-refractivity contribution in [2.45, 2.75) is 68.2 Å². The number of hydrogen-bond acceptors (Lipinski definition) is 4. The number of phenols is 1. The fraction of sp³-hybridized carbons (Fsp3) is 0.548. The second kappa shape index (κ2) is 6.59. The van der Waals surface area contributed by atoms with Gasteiger partial charge in [-0.2, -0.15) is 0 Å². The van der Waals surface area contributed by atoms with Crippen molar-refractivity contribution in [1.29, 1.82) is 0 Å². The lowest BCUT2D eigenvalue weighted by atomic mass is 9.34. The molecule has 0 aromatic heterocycles. The summed E-state index contributed by atoms with van der Waals surface area (Å²) in [6.07, 6.45) is 11.1. The first-order chi connectivity index (χ1) is 17.0. The standard InChI is InChI=1S/C31H36N2O2/c1-28-19-29-12-13-31(28,35-2)27(32-26(28)21-6-4-3-5-7-21)30(29)14-15-33(18-20-8-9-20)25(29)16-22-10-11-23(34)17-24(22)30/h3-7,10-13,17,20,25-27,32,34H,8-9,14-16,18-19H2,1-2H3/t25-,26-,27-,28-,29+,30-,31?/m0/s1. The highest BCUT2D eigenvalue weighted by atomic mass is 16.5. The number of ether oxygens (including phenoxy) is 1. The van der Waals surface area contributed by atoms with Gasteiger partial charge in [-0.05, 0) is 73.4 Å². The number of hydrogen-bond donors (Lipinski definition) is 2. The van der Waals surface area contributed by atoms with E-state index >= 15 is 0 Å². The first-order valence-corrected chi connectivity index (χ1v) is 13.6. The molecule has 4 fully saturated rings. The van der Waals surface area contributed by atoms with Crippen LogP contribution in [0.1, 0.15) is 55.3 Å². The van der Waals surface area contributed by atoms with Gasteiger partial charge in [0.1, 0.15) is 11.4 Å². The van der Waals surface area contributed by atoms with E-state index in [1.807, 2.05) is 13.2 Å². The molecule has 2 saturated carbocycles. The SMILES string of the molecule is COC12C=C[C@]34C[C@@]1(C)[C@H](c1ccccc1)N[C@H]2[C@@]31CCN(CC2CC2)[C@H]4Cc2ccc(O)cc21. The minimum atomic E-state index is -0.376. The summed E-state index contributed by atoms with van der Waals surface area (Å²) in [6, 6.07) is 18.1. The van der Waals surface area contributed by atoms with Crippen molar-refractivity contribution < 1.29 is 9.84 Å². The minimum absolute atomic E-state index is 0.0388. The van der Waals surface area contributed by atoms with Crippen LogP contribution >= 0.6 is 0 Å². The molecule has 0 amide bonds. The van der Waals surface area contributed by atoms with E-state index in [1.54, 1.807) is 0 Å². The van der Waals surface area contributed by atoms with Crippen LogP contribution in [0.5, 0.6) is 5.75 Å². The average molecular weight is 469 g/mol. The molecule has 2 saturated heterocycles. The summed E-state index contributed by atoms with van der Waals surface area (Å²) in [6.45, 7) is 4.87. The summed E-state index contributed by atoms with van der Waals surface area (Å²) in [5, 5.41) is 14.9. The van der Waals surface area contributed by atoms with Crippen LogP contribution < -0.4 is 5.32 Å². The predicted octanol–water partition coefficient (Wildman–Crippen LogP) is 4.73. The molecule has 1 spiro atoms. The van der Waals surface area contributed by atoms with Crippen LogP contribution in [0.2, 0.25) is 0 Å². The highest BCUT2D eigenvalue weighted by molar-refractivity contribution is 5.57. The van der Waals surface area contributed by atoms with Crippen molar-refractivity contribution in [2.75, 3.05) is 20.2 Å².